The van der Waals surface area contributed by atoms with Gasteiger partial charge in [0.05, 0.1) is 11.4 Å². The van der Waals surface area contributed by atoms with E-state index in [-0.39, 0.29) is 0 Å². The molecule has 0 saturated heterocycles. The Morgan fingerprint density at radius 1 is 0.293 bits per heavy atom. The molecule has 1 aromatic heterocycles. The molecule has 0 unspecified atom stereocenters. The van der Waals surface area contributed by atoms with Crippen LogP contribution in [-0.4, -0.2) is 0 Å². The number of fused-ring (bicyclic) bond motifs is 1. The number of rotatable bonds is 9. The van der Waals surface area contributed by atoms with Gasteiger partial charge < -0.3 is 9.32 Å². The summed E-state index contributed by atoms with van der Waals surface area (Å²) in [5.41, 5.74) is 16.8. The number of hydrogen-bond acceptors (Lipinski definition) is 2. The van der Waals surface area contributed by atoms with Gasteiger partial charge in [-0.05, 0) is 75.3 Å². The molecule has 1 heterocycles. The van der Waals surface area contributed by atoms with E-state index < -0.39 is 0 Å². The van der Waals surface area contributed by atoms with E-state index in [1.807, 2.05) is 12.1 Å². The van der Waals surface area contributed by atoms with Gasteiger partial charge in [0.2, 0.25) is 0 Å². The summed E-state index contributed by atoms with van der Waals surface area (Å²) < 4.78 is 6.60. The van der Waals surface area contributed by atoms with Gasteiger partial charge in [-0.3, -0.25) is 0 Å². The Hall–Kier alpha value is -7.68. The predicted molar refractivity (Wildman–Crippen MR) is 244 cm³/mol. The molecule has 274 valence electrons. The van der Waals surface area contributed by atoms with Crippen molar-refractivity contribution in [1.29, 1.82) is 0 Å². The Kier molecular flexibility index (Phi) is 9.27. The highest BCUT2D eigenvalue weighted by Gasteiger charge is 2.21. The lowest BCUT2D eigenvalue weighted by molar-refractivity contribution is 0.632. The molecule has 0 amide bonds. The Bertz CT molecular complexity index is 2970. The molecule has 0 fully saturated rings. The Labute approximate surface area is 339 Å². The van der Waals surface area contributed by atoms with Crippen LogP contribution >= 0.6 is 0 Å². The van der Waals surface area contributed by atoms with Gasteiger partial charge in [0, 0.05) is 33.3 Å². The van der Waals surface area contributed by atoms with Crippen LogP contribution in [0.1, 0.15) is 0 Å². The van der Waals surface area contributed by atoms with Crippen LogP contribution in [0, 0.1) is 0 Å². The zero-order chi connectivity index (χ0) is 38.7. The highest BCUT2D eigenvalue weighted by Crippen LogP contribution is 2.46. The van der Waals surface area contributed by atoms with Gasteiger partial charge in [-0.2, -0.15) is 0 Å². The molecule has 10 aromatic rings. The zero-order valence-electron chi connectivity index (χ0n) is 31.9. The highest BCUT2D eigenvalue weighted by atomic mass is 16.3. The van der Waals surface area contributed by atoms with Crippen LogP contribution in [0.4, 0.5) is 17.1 Å². The summed E-state index contributed by atoms with van der Waals surface area (Å²) >= 11 is 0. The SMILES string of the molecule is c1ccc(-c2ccc(-c3ccccc3N(c3ccc(-c4cccc(-c5oc6ccccc6c5-c5ccccc5)c4)cc3)c3ccccc3-c3ccccc3)cc2)cc1. The molecule has 9 aromatic carbocycles. The van der Waals surface area contributed by atoms with E-state index in [1.165, 1.54) is 16.7 Å². The molecule has 0 spiro atoms. The Morgan fingerprint density at radius 3 is 1.38 bits per heavy atom. The molecule has 2 nitrogen and oxygen atoms in total. The van der Waals surface area contributed by atoms with Crippen molar-refractivity contribution in [2.24, 2.45) is 0 Å². The van der Waals surface area contributed by atoms with E-state index in [0.717, 1.165) is 78.3 Å². The smallest absolute Gasteiger partial charge is 0.143 e. The first kappa shape index (κ1) is 34.8. The maximum absolute atomic E-state index is 6.60. The van der Waals surface area contributed by atoms with Crippen molar-refractivity contribution < 1.29 is 4.42 Å². The number of nitrogens with zero attached hydrogens (tertiary/aromatic N) is 1. The first-order valence-corrected chi connectivity index (χ1v) is 19.8. The fourth-order valence-corrected chi connectivity index (χ4v) is 8.11. The molecule has 0 atom stereocenters. The average molecular weight is 742 g/mol. The molecular weight excluding hydrogens is 703 g/mol. The summed E-state index contributed by atoms with van der Waals surface area (Å²) in [6.45, 7) is 0. The van der Waals surface area contributed by atoms with Gasteiger partial charge in [-0.15, -0.1) is 0 Å². The van der Waals surface area contributed by atoms with Crippen molar-refractivity contribution in [1.82, 2.24) is 0 Å². The molecule has 0 N–H and O–H groups in total. The normalized spacial score (nSPS) is 11.1. The first-order valence-electron chi connectivity index (χ1n) is 19.8. The van der Waals surface area contributed by atoms with Gasteiger partial charge in [0.15, 0.2) is 0 Å². The van der Waals surface area contributed by atoms with Crippen LogP contribution < -0.4 is 4.90 Å². The molecule has 0 aliphatic heterocycles. The van der Waals surface area contributed by atoms with Crippen molar-refractivity contribution in [3.8, 4) is 67.0 Å². The lowest BCUT2D eigenvalue weighted by Crippen LogP contribution is -2.12. The van der Waals surface area contributed by atoms with Crippen LogP contribution in [0.25, 0.3) is 77.9 Å². The second-order valence-corrected chi connectivity index (χ2v) is 14.5. The van der Waals surface area contributed by atoms with Gasteiger partial charge in [-0.1, -0.05) is 200 Å². The van der Waals surface area contributed by atoms with Crippen molar-refractivity contribution in [3.63, 3.8) is 0 Å². The van der Waals surface area contributed by atoms with Crippen LogP contribution in [0.15, 0.2) is 241 Å². The quantitative estimate of drug-likeness (QED) is 0.146. The predicted octanol–water partition coefficient (Wildman–Crippen LogP) is 15.9. The molecule has 0 saturated carbocycles. The van der Waals surface area contributed by atoms with Crippen molar-refractivity contribution in [2.45, 2.75) is 0 Å². The average Bonchev–Trinajstić information content (AvgIpc) is 3.71. The van der Waals surface area contributed by atoms with E-state index in [2.05, 4.69) is 229 Å². The Morgan fingerprint density at radius 2 is 0.724 bits per heavy atom. The molecule has 58 heavy (non-hydrogen) atoms. The summed E-state index contributed by atoms with van der Waals surface area (Å²) in [6, 6.07) is 84.1. The van der Waals surface area contributed by atoms with E-state index in [0.29, 0.717) is 0 Å². The summed E-state index contributed by atoms with van der Waals surface area (Å²) in [5, 5.41) is 1.11. The lowest BCUT2D eigenvalue weighted by Gasteiger charge is -2.30. The number of furan rings is 1. The standard InChI is InChI=1S/C56H39NO/c1-4-17-40(18-5-1)41-31-33-44(34-32-41)50-26-11-14-29-53(50)57(52-28-13-10-25-49(52)43-19-6-2-7-20-43)48-37-35-42(36-38-48)46-23-16-24-47(39-46)56-55(45-21-8-3-9-22-45)51-27-12-15-30-54(51)58-56/h1-39H. The molecule has 10 rings (SSSR count). The van der Waals surface area contributed by atoms with Crippen molar-refractivity contribution in [3.05, 3.63) is 237 Å². The molecule has 0 bridgehead atoms. The van der Waals surface area contributed by atoms with Crippen LogP contribution in [0.5, 0.6) is 0 Å². The maximum atomic E-state index is 6.60. The Balaban J connectivity index is 1.07. The van der Waals surface area contributed by atoms with E-state index in [9.17, 15) is 0 Å². The van der Waals surface area contributed by atoms with Gasteiger partial charge >= 0.3 is 0 Å². The van der Waals surface area contributed by atoms with E-state index >= 15 is 0 Å². The number of anilines is 3. The summed E-state index contributed by atoms with van der Waals surface area (Å²) in [6.07, 6.45) is 0. The first-order chi connectivity index (χ1) is 28.8. The van der Waals surface area contributed by atoms with E-state index in [1.54, 1.807) is 0 Å². The third-order valence-electron chi connectivity index (χ3n) is 10.9. The minimum Gasteiger partial charge on any atom is -0.455 e. The number of hydrogen-bond donors (Lipinski definition) is 0. The lowest BCUT2D eigenvalue weighted by atomic mass is 9.96. The number of benzene rings is 9. The summed E-state index contributed by atoms with van der Waals surface area (Å²) in [5.74, 6) is 0.878. The van der Waals surface area contributed by atoms with Crippen molar-refractivity contribution >= 4 is 28.0 Å². The third-order valence-corrected chi connectivity index (χ3v) is 10.9. The molecule has 0 aliphatic rings. The van der Waals surface area contributed by atoms with Gasteiger partial charge in [0.1, 0.15) is 11.3 Å². The minimum atomic E-state index is 0.878. The fourth-order valence-electron chi connectivity index (χ4n) is 8.11. The van der Waals surface area contributed by atoms with Crippen LogP contribution in [-0.2, 0) is 0 Å². The monoisotopic (exact) mass is 741 g/mol. The number of para-hydroxylation sites is 3. The molecule has 0 aliphatic carbocycles. The summed E-state index contributed by atoms with van der Waals surface area (Å²) in [4.78, 5) is 2.41. The van der Waals surface area contributed by atoms with E-state index in [4.69, 9.17) is 4.42 Å². The zero-order valence-corrected chi connectivity index (χ0v) is 31.9. The van der Waals surface area contributed by atoms with Crippen LogP contribution in [0.2, 0.25) is 0 Å². The highest BCUT2D eigenvalue weighted by molar-refractivity contribution is 6.02. The second kappa shape index (κ2) is 15.5. The van der Waals surface area contributed by atoms with Crippen molar-refractivity contribution in [2.75, 3.05) is 4.90 Å². The maximum Gasteiger partial charge on any atom is 0.143 e. The van der Waals surface area contributed by atoms with Gasteiger partial charge in [-0.25, -0.2) is 0 Å². The second-order valence-electron chi connectivity index (χ2n) is 14.5. The van der Waals surface area contributed by atoms with Gasteiger partial charge in [0.25, 0.3) is 0 Å². The molecule has 2 heteroatoms. The topological polar surface area (TPSA) is 16.4 Å². The minimum absolute atomic E-state index is 0.878. The third kappa shape index (κ3) is 6.67. The molecule has 0 radical (unpaired) electrons. The summed E-state index contributed by atoms with van der Waals surface area (Å²) in [7, 11) is 0. The fraction of sp³-hybridized carbons (Fsp3) is 0. The van der Waals surface area contributed by atoms with Crippen LogP contribution in [0.3, 0.4) is 0 Å². The largest absolute Gasteiger partial charge is 0.455 e. The molecular formula is C56H39NO.